The molecule has 0 aliphatic rings. The van der Waals surface area contributed by atoms with Crippen molar-refractivity contribution in [3.8, 4) is 17.3 Å². The lowest BCUT2D eigenvalue weighted by atomic mass is 10.1. The third kappa shape index (κ3) is 3.71. The SMILES string of the molecule is CCn1nc(-c2ccc(Cl)c(F)c2)nc1-n1ncc2cc(CNC(C)=O)ccc21. The van der Waals surface area contributed by atoms with Crippen LogP contribution in [0.25, 0.3) is 28.2 Å². The Kier molecular flexibility index (Phi) is 5.02. The summed E-state index contributed by atoms with van der Waals surface area (Å²) in [7, 11) is 0. The minimum atomic E-state index is -0.519. The summed E-state index contributed by atoms with van der Waals surface area (Å²) in [5.74, 6) is 0.323. The number of hydrogen-bond donors (Lipinski definition) is 1. The molecule has 0 fully saturated rings. The third-order valence-corrected chi connectivity index (χ3v) is 4.80. The number of benzene rings is 2. The van der Waals surface area contributed by atoms with Gasteiger partial charge in [0.25, 0.3) is 0 Å². The van der Waals surface area contributed by atoms with Gasteiger partial charge in [-0.2, -0.15) is 14.8 Å². The van der Waals surface area contributed by atoms with Crippen molar-refractivity contribution in [2.24, 2.45) is 0 Å². The predicted octanol–water partition coefficient (Wildman–Crippen LogP) is 3.73. The van der Waals surface area contributed by atoms with Crippen molar-refractivity contribution in [2.75, 3.05) is 0 Å². The standard InChI is InChI=1S/C20H18ClFN6O/c1-3-27-20(25-19(26-27)14-5-6-16(21)17(22)9-14)28-18-7-4-13(10-23-12(2)29)8-15(18)11-24-28/h4-9,11H,3,10H2,1-2H3,(H,23,29). The Hall–Kier alpha value is -3.26. The molecule has 2 aromatic heterocycles. The van der Waals surface area contributed by atoms with E-state index in [0.29, 0.717) is 30.4 Å². The second-order valence-corrected chi connectivity index (χ2v) is 6.95. The molecule has 0 bridgehead atoms. The van der Waals surface area contributed by atoms with E-state index in [1.165, 1.54) is 19.1 Å². The highest BCUT2D eigenvalue weighted by Crippen LogP contribution is 2.24. The summed E-state index contributed by atoms with van der Waals surface area (Å²) in [6.07, 6.45) is 1.74. The quantitative estimate of drug-likeness (QED) is 0.541. The smallest absolute Gasteiger partial charge is 0.250 e. The Balaban J connectivity index is 1.74. The van der Waals surface area contributed by atoms with E-state index >= 15 is 0 Å². The van der Waals surface area contributed by atoms with Crippen LogP contribution in [0.1, 0.15) is 19.4 Å². The van der Waals surface area contributed by atoms with E-state index in [-0.39, 0.29) is 10.9 Å². The van der Waals surface area contributed by atoms with Crippen LogP contribution in [0, 0.1) is 5.82 Å². The van der Waals surface area contributed by atoms with Gasteiger partial charge in [-0.15, -0.1) is 5.10 Å². The van der Waals surface area contributed by atoms with Gasteiger partial charge in [-0.25, -0.2) is 9.07 Å². The number of carbonyl (C=O) groups is 1. The second kappa shape index (κ2) is 7.63. The molecular formula is C20H18ClFN6O. The number of halogens is 2. The normalized spacial score (nSPS) is 11.2. The molecule has 148 valence electrons. The molecule has 29 heavy (non-hydrogen) atoms. The van der Waals surface area contributed by atoms with E-state index in [2.05, 4.69) is 20.5 Å². The molecule has 9 heteroatoms. The number of nitrogens with zero attached hydrogens (tertiary/aromatic N) is 5. The van der Waals surface area contributed by atoms with Crippen LogP contribution < -0.4 is 5.32 Å². The summed E-state index contributed by atoms with van der Waals surface area (Å²) < 4.78 is 17.3. The fraction of sp³-hybridized carbons (Fsp3) is 0.200. The first-order valence-corrected chi connectivity index (χ1v) is 9.46. The Bertz CT molecular complexity index is 1220. The highest BCUT2D eigenvalue weighted by atomic mass is 35.5. The number of aromatic nitrogens is 5. The van der Waals surface area contributed by atoms with Crippen molar-refractivity contribution in [1.82, 2.24) is 29.9 Å². The van der Waals surface area contributed by atoms with E-state index in [9.17, 15) is 9.18 Å². The van der Waals surface area contributed by atoms with Gasteiger partial charge in [0.05, 0.1) is 16.7 Å². The third-order valence-electron chi connectivity index (χ3n) is 4.49. The molecule has 0 saturated carbocycles. The van der Waals surface area contributed by atoms with Gasteiger partial charge in [-0.05, 0) is 42.8 Å². The van der Waals surface area contributed by atoms with Crippen LogP contribution in [0.3, 0.4) is 0 Å². The fourth-order valence-corrected chi connectivity index (χ4v) is 3.16. The molecular weight excluding hydrogens is 395 g/mol. The van der Waals surface area contributed by atoms with Gasteiger partial charge in [0.15, 0.2) is 5.82 Å². The first-order chi connectivity index (χ1) is 14.0. The zero-order valence-corrected chi connectivity index (χ0v) is 16.6. The van der Waals surface area contributed by atoms with Crippen LogP contribution in [0.2, 0.25) is 5.02 Å². The lowest BCUT2D eigenvalue weighted by Gasteiger charge is -2.05. The topological polar surface area (TPSA) is 77.6 Å². The Morgan fingerprint density at radius 2 is 2.07 bits per heavy atom. The van der Waals surface area contributed by atoms with Crippen molar-refractivity contribution >= 4 is 28.4 Å². The Morgan fingerprint density at radius 1 is 1.24 bits per heavy atom. The molecule has 7 nitrogen and oxygen atoms in total. The lowest BCUT2D eigenvalue weighted by Crippen LogP contribution is -2.18. The molecule has 0 unspecified atom stereocenters. The molecule has 1 amide bonds. The van der Waals surface area contributed by atoms with Gasteiger partial charge in [0, 0.05) is 31.0 Å². The van der Waals surface area contributed by atoms with Gasteiger partial charge < -0.3 is 5.32 Å². The molecule has 2 heterocycles. The number of aryl methyl sites for hydroxylation is 1. The highest BCUT2D eigenvalue weighted by Gasteiger charge is 2.16. The maximum atomic E-state index is 13.8. The zero-order chi connectivity index (χ0) is 20.5. The lowest BCUT2D eigenvalue weighted by molar-refractivity contribution is -0.119. The van der Waals surface area contributed by atoms with Crippen molar-refractivity contribution in [3.05, 3.63) is 59.0 Å². The molecule has 0 spiro atoms. The number of carbonyl (C=O) groups excluding carboxylic acids is 1. The van der Waals surface area contributed by atoms with E-state index in [0.717, 1.165) is 16.5 Å². The summed E-state index contributed by atoms with van der Waals surface area (Å²) in [5, 5.41) is 12.7. The van der Waals surface area contributed by atoms with E-state index < -0.39 is 5.82 Å². The number of fused-ring (bicyclic) bond motifs is 1. The van der Waals surface area contributed by atoms with E-state index in [1.54, 1.807) is 21.6 Å². The molecule has 0 atom stereocenters. The highest BCUT2D eigenvalue weighted by molar-refractivity contribution is 6.30. The minimum Gasteiger partial charge on any atom is -0.352 e. The first kappa shape index (κ1) is 19.1. The van der Waals surface area contributed by atoms with Crippen molar-refractivity contribution in [2.45, 2.75) is 26.9 Å². The van der Waals surface area contributed by atoms with E-state index in [4.69, 9.17) is 11.6 Å². The van der Waals surface area contributed by atoms with Crippen LogP contribution in [0.4, 0.5) is 4.39 Å². The summed E-state index contributed by atoms with van der Waals surface area (Å²) in [6.45, 7) is 4.45. The monoisotopic (exact) mass is 412 g/mol. The molecule has 1 N–H and O–H groups in total. The second-order valence-electron chi connectivity index (χ2n) is 6.54. The maximum absolute atomic E-state index is 13.8. The summed E-state index contributed by atoms with van der Waals surface area (Å²) in [4.78, 5) is 15.7. The summed E-state index contributed by atoms with van der Waals surface area (Å²) in [6, 6.07) is 10.3. The van der Waals surface area contributed by atoms with Crippen molar-refractivity contribution in [3.63, 3.8) is 0 Å². The molecule has 2 aromatic carbocycles. The van der Waals surface area contributed by atoms with Crippen molar-refractivity contribution < 1.29 is 9.18 Å². The number of rotatable bonds is 5. The molecule has 0 radical (unpaired) electrons. The molecule has 0 aliphatic carbocycles. The average Bonchev–Trinajstić information content (AvgIpc) is 3.31. The largest absolute Gasteiger partial charge is 0.352 e. The summed E-state index contributed by atoms with van der Waals surface area (Å²) >= 11 is 5.77. The average molecular weight is 413 g/mol. The fourth-order valence-electron chi connectivity index (χ4n) is 3.04. The van der Waals surface area contributed by atoms with E-state index in [1.807, 2.05) is 25.1 Å². The Labute approximate surface area is 171 Å². The molecule has 0 aliphatic heterocycles. The van der Waals surface area contributed by atoms with Crippen LogP contribution in [0.5, 0.6) is 0 Å². The van der Waals surface area contributed by atoms with Gasteiger partial charge in [-0.1, -0.05) is 17.7 Å². The van der Waals surface area contributed by atoms with Gasteiger partial charge >= 0.3 is 0 Å². The van der Waals surface area contributed by atoms with Crippen LogP contribution in [0.15, 0.2) is 42.6 Å². The van der Waals surface area contributed by atoms with Crippen LogP contribution in [-0.2, 0) is 17.9 Å². The van der Waals surface area contributed by atoms with Gasteiger partial charge in [-0.3, -0.25) is 4.79 Å². The molecule has 4 aromatic rings. The predicted molar refractivity (Wildman–Crippen MR) is 108 cm³/mol. The Morgan fingerprint density at radius 3 is 2.79 bits per heavy atom. The first-order valence-electron chi connectivity index (χ1n) is 9.08. The van der Waals surface area contributed by atoms with Gasteiger partial charge in [0.2, 0.25) is 11.9 Å². The number of hydrogen-bond acceptors (Lipinski definition) is 4. The number of amides is 1. The molecule has 4 rings (SSSR count). The number of nitrogens with one attached hydrogen (secondary N) is 1. The van der Waals surface area contributed by atoms with Gasteiger partial charge in [0.1, 0.15) is 5.82 Å². The minimum absolute atomic E-state index is 0.0528. The summed E-state index contributed by atoms with van der Waals surface area (Å²) in [5.41, 5.74) is 2.36. The maximum Gasteiger partial charge on any atom is 0.250 e. The zero-order valence-electron chi connectivity index (χ0n) is 15.9. The molecule has 0 saturated heterocycles. The van der Waals surface area contributed by atoms with Crippen molar-refractivity contribution in [1.29, 1.82) is 0 Å². The van der Waals surface area contributed by atoms with Crippen LogP contribution in [-0.4, -0.2) is 30.5 Å². The van der Waals surface area contributed by atoms with Crippen LogP contribution >= 0.6 is 11.6 Å².